The average molecular weight is 259 g/mol. The summed E-state index contributed by atoms with van der Waals surface area (Å²) < 4.78 is 2.12. The third-order valence-corrected chi connectivity index (χ3v) is 3.66. The summed E-state index contributed by atoms with van der Waals surface area (Å²) in [6, 6.07) is 8.57. The van der Waals surface area contributed by atoms with Crippen molar-refractivity contribution in [2.75, 3.05) is 5.75 Å². The number of carbonyl (C=O) groups excluding carboxylic acids is 1. The molecule has 0 saturated carbocycles. The van der Waals surface area contributed by atoms with Gasteiger partial charge in [-0.3, -0.25) is 4.79 Å². The molecule has 1 heterocycles. The zero-order valence-electron chi connectivity index (χ0n) is 10.7. The Kier molecular flexibility index (Phi) is 4.26. The molecule has 0 aliphatic carbocycles. The average Bonchev–Trinajstić information content (AvgIpc) is 2.70. The Balaban J connectivity index is 1.99. The van der Waals surface area contributed by atoms with E-state index in [0.29, 0.717) is 0 Å². The van der Waals surface area contributed by atoms with Crippen LogP contribution in [0.2, 0.25) is 0 Å². The normalized spacial score (nSPS) is 11.4. The zero-order chi connectivity index (χ0) is 13.0. The first-order chi connectivity index (χ1) is 8.66. The second kappa shape index (κ2) is 5.91. The largest absolute Gasteiger partial charge is 0.351 e. The first-order valence-electron chi connectivity index (χ1n) is 6.02. The van der Waals surface area contributed by atoms with Gasteiger partial charge >= 0.3 is 0 Å². The molecule has 18 heavy (non-hydrogen) atoms. The Labute approximate surface area is 112 Å². The quantitative estimate of drug-likeness (QED) is 0.778. The number of aromatic nitrogens is 1. The van der Waals surface area contributed by atoms with Crippen LogP contribution in [-0.4, -0.2) is 15.4 Å². The van der Waals surface area contributed by atoms with E-state index in [1.165, 1.54) is 28.2 Å². The van der Waals surface area contributed by atoms with Crippen LogP contribution in [-0.2, 0) is 11.8 Å². The lowest BCUT2D eigenvalue weighted by molar-refractivity contribution is -0.109. The molecule has 1 aromatic carbocycles. The molecule has 0 amide bonds. The number of allylic oxidation sites excluding steroid dienone is 1. The first-order valence-corrected chi connectivity index (χ1v) is 7.00. The van der Waals surface area contributed by atoms with Gasteiger partial charge in [0.2, 0.25) is 0 Å². The van der Waals surface area contributed by atoms with Gasteiger partial charge in [-0.05, 0) is 30.2 Å². The van der Waals surface area contributed by atoms with E-state index in [0.717, 1.165) is 12.2 Å². The maximum atomic E-state index is 10.8. The molecule has 0 N–H and O–H groups in total. The molecule has 0 radical (unpaired) electrons. The number of hydrogen-bond acceptors (Lipinski definition) is 2. The van der Waals surface area contributed by atoms with Gasteiger partial charge in [0.05, 0.1) is 0 Å². The Morgan fingerprint density at radius 3 is 3.00 bits per heavy atom. The molecule has 2 nitrogen and oxygen atoms in total. The summed E-state index contributed by atoms with van der Waals surface area (Å²) in [6.45, 7) is 1.61. The van der Waals surface area contributed by atoms with Gasteiger partial charge in [-0.15, -0.1) is 0 Å². The number of aryl methyl sites for hydroxylation is 1. The SMILES string of the molecule is CC(=O)SCCC=Cc1ccc2c(ccn2C)c1. The Hall–Kier alpha value is -1.48. The molecule has 0 aliphatic rings. The van der Waals surface area contributed by atoms with Crippen molar-refractivity contribution in [1.29, 1.82) is 0 Å². The fourth-order valence-corrected chi connectivity index (χ4v) is 2.44. The van der Waals surface area contributed by atoms with Crippen LogP contribution in [0.5, 0.6) is 0 Å². The smallest absolute Gasteiger partial charge is 0.185 e. The van der Waals surface area contributed by atoms with Crippen molar-refractivity contribution >= 4 is 33.9 Å². The van der Waals surface area contributed by atoms with Crippen LogP contribution < -0.4 is 0 Å². The molecular weight excluding hydrogens is 242 g/mol. The predicted molar refractivity (Wildman–Crippen MR) is 79.7 cm³/mol. The molecule has 0 atom stereocenters. The standard InChI is InChI=1S/C15H17NOS/c1-12(17)18-10-4-3-5-13-6-7-15-14(11-13)8-9-16(15)2/h3,5-9,11H,4,10H2,1-2H3. The highest BCUT2D eigenvalue weighted by Gasteiger charge is 1.97. The first kappa shape index (κ1) is 13.0. The summed E-state index contributed by atoms with van der Waals surface area (Å²) in [5.74, 6) is 0.861. The van der Waals surface area contributed by atoms with Gasteiger partial charge in [-0.2, -0.15) is 0 Å². The maximum Gasteiger partial charge on any atom is 0.185 e. The van der Waals surface area contributed by atoms with E-state index in [1.54, 1.807) is 6.92 Å². The molecule has 0 aliphatic heterocycles. The summed E-state index contributed by atoms with van der Waals surface area (Å²) in [5.41, 5.74) is 2.46. The van der Waals surface area contributed by atoms with Crippen molar-refractivity contribution < 1.29 is 4.79 Å². The van der Waals surface area contributed by atoms with Crippen molar-refractivity contribution in [3.8, 4) is 0 Å². The second-order valence-electron chi connectivity index (χ2n) is 4.28. The van der Waals surface area contributed by atoms with Gasteiger partial charge in [0.1, 0.15) is 0 Å². The van der Waals surface area contributed by atoms with E-state index in [2.05, 4.69) is 54.2 Å². The minimum Gasteiger partial charge on any atom is -0.351 e. The lowest BCUT2D eigenvalue weighted by atomic mass is 10.1. The van der Waals surface area contributed by atoms with E-state index in [1.807, 2.05) is 0 Å². The Morgan fingerprint density at radius 2 is 2.22 bits per heavy atom. The second-order valence-corrected chi connectivity index (χ2v) is 5.55. The molecule has 0 fully saturated rings. The third kappa shape index (κ3) is 3.26. The summed E-state index contributed by atoms with van der Waals surface area (Å²) >= 11 is 1.38. The fraction of sp³-hybridized carbons (Fsp3) is 0.267. The van der Waals surface area contributed by atoms with Crippen molar-refractivity contribution in [2.45, 2.75) is 13.3 Å². The van der Waals surface area contributed by atoms with Crippen LogP contribution >= 0.6 is 11.8 Å². The number of fused-ring (bicyclic) bond motifs is 1. The van der Waals surface area contributed by atoms with Crippen molar-refractivity contribution in [2.24, 2.45) is 7.05 Å². The van der Waals surface area contributed by atoms with Gasteiger partial charge in [-0.25, -0.2) is 0 Å². The van der Waals surface area contributed by atoms with E-state index in [9.17, 15) is 4.79 Å². The van der Waals surface area contributed by atoms with E-state index < -0.39 is 0 Å². The van der Waals surface area contributed by atoms with Gasteiger partial charge in [0, 0.05) is 36.8 Å². The lowest BCUT2D eigenvalue weighted by Gasteiger charge is -1.98. The van der Waals surface area contributed by atoms with Crippen LogP contribution in [0.3, 0.4) is 0 Å². The molecule has 3 heteroatoms. The van der Waals surface area contributed by atoms with E-state index in [4.69, 9.17) is 0 Å². The van der Waals surface area contributed by atoms with Crippen molar-refractivity contribution in [3.63, 3.8) is 0 Å². The number of hydrogen-bond donors (Lipinski definition) is 0. The van der Waals surface area contributed by atoms with Crippen LogP contribution in [0.15, 0.2) is 36.5 Å². The number of benzene rings is 1. The van der Waals surface area contributed by atoms with Gasteiger partial charge in [0.15, 0.2) is 5.12 Å². The molecule has 0 spiro atoms. The minimum absolute atomic E-state index is 0.189. The Bertz CT molecular complexity index is 583. The number of carbonyl (C=O) groups is 1. The van der Waals surface area contributed by atoms with Gasteiger partial charge < -0.3 is 4.57 Å². The summed E-state index contributed by atoms with van der Waals surface area (Å²) in [7, 11) is 2.05. The maximum absolute atomic E-state index is 10.8. The lowest BCUT2D eigenvalue weighted by Crippen LogP contribution is -1.84. The van der Waals surface area contributed by atoms with Crippen LogP contribution in [0.1, 0.15) is 18.9 Å². The molecule has 1 aromatic heterocycles. The molecule has 94 valence electrons. The topological polar surface area (TPSA) is 22.0 Å². The number of thioether (sulfide) groups is 1. The number of nitrogens with zero attached hydrogens (tertiary/aromatic N) is 1. The molecular formula is C15H17NOS. The third-order valence-electron chi connectivity index (χ3n) is 2.81. The van der Waals surface area contributed by atoms with Crippen molar-refractivity contribution in [1.82, 2.24) is 4.57 Å². The number of rotatable bonds is 4. The summed E-state index contributed by atoms with van der Waals surface area (Å²) in [5, 5.41) is 1.45. The predicted octanol–water partition coefficient (Wildman–Crippen LogP) is 3.86. The highest BCUT2D eigenvalue weighted by molar-refractivity contribution is 8.13. The molecule has 2 aromatic rings. The Morgan fingerprint density at radius 1 is 1.39 bits per heavy atom. The molecule has 0 saturated heterocycles. The van der Waals surface area contributed by atoms with Crippen LogP contribution in [0.25, 0.3) is 17.0 Å². The van der Waals surface area contributed by atoms with Gasteiger partial charge in [-0.1, -0.05) is 30.0 Å². The monoisotopic (exact) mass is 259 g/mol. The van der Waals surface area contributed by atoms with E-state index >= 15 is 0 Å². The fourth-order valence-electron chi connectivity index (χ4n) is 1.89. The minimum atomic E-state index is 0.189. The highest BCUT2D eigenvalue weighted by Crippen LogP contribution is 2.17. The van der Waals surface area contributed by atoms with E-state index in [-0.39, 0.29) is 5.12 Å². The molecule has 0 bridgehead atoms. The summed E-state index contributed by atoms with van der Waals surface area (Å²) in [4.78, 5) is 10.8. The summed E-state index contributed by atoms with van der Waals surface area (Å²) in [6.07, 6.45) is 7.24. The van der Waals surface area contributed by atoms with Crippen LogP contribution in [0, 0.1) is 0 Å². The highest BCUT2D eigenvalue weighted by atomic mass is 32.2. The van der Waals surface area contributed by atoms with Crippen LogP contribution in [0.4, 0.5) is 0 Å². The zero-order valence-corrected chi connectivity index (χ0v) is 11.5. The van der Waals surface area contributed by atoms with Crippen molar-refractivity contribution in [3.05, 3.63) is 42.1 Å². The van der Waals surface area contributed by atoms with Gasteiger partial charge in [0.25, 0.3) is 0 Å². The molecule has 2 rings (SSSR count). The molecule has 0 unspecified atom stereocenters.